The SMILES string of the molecule is C=C(CC(C)(C)CCCC(C)(C)CNC(=O)CC(C)(C)C)NCC(C)OCC(C)(C)CC(=C)NCCN(CCC)C(=C)c1ccc(C(=C)C)cc1. The average Bonchev–Trinajstić information content (AvgIpc) is 2.99. The van der Waals surface area contributed by atoms with Crippen molar-refractivity contribution in [2.24, 2.45) is 21.7 Å². The van der Waals surface area contributed by atoms with Crippen LogP contribution in [0.2, 0.25) is 0 Å². The predicted octanol–water partition coefficient (Wildman–Crippen LogP) is 10.6. The maximum absolute atomic E-state index is 12.3. The minimum Gasteiger partial charge on any atom is -0.387 e. The standard InChI is InChI=1S/C45H78N4O2/c1-17-26-49(38(7)40-21-19-39(20-22-40)34(2)3)27-25-46-35(4)29-45(15,16)33-51-37(6)31-47-36(5)28-43(11,12)23-18-24-44(13,14)32-48-41(50)30-42(8,9)10/h19-22,37,46-47H,2,4-5,7,17-18,23-33H2,1,3,6,8-16H3,(H,48,50). The highest BCUT2D eigenvalue weighted by Gasteiger charge is 2.25. The molecule has 0 bridgehead atoms. The maximum atomic E-state index is 12.3. The molecule has 1 rings (SSSR count). The van der Waals surface area contributed by atoms with Crippen molar-refractivity contribution in [3.05, 3.63) is 73.1 Å². The summed E-state index contributed by atoms with van der Waals surface area (Å²) in [6.07, 6.45) is 6.75. The lowest BCUT2D eigenvalue weighted by atomic mass is 9.79. The summed E-state index contributed by atoms with van der Waals surface area (Å²) in [7, 11) is 0. The Hall–Kier alpha value is -2.99. The molecule has 0 aliphatic carbocycles. The maximum Gasteiger partial charge on any atom is 0.220 e. The van der Waals surface area contributed by atoms with Gasteiger partial charge in [-0.3, -0.25) is 4.79 Å². The molecule has 6 heteroatoms. The van der Waals surface area contributed by atoms with Crippen molar-refractivity contribution < 1.29 is 9.53 Å². The molecule has 1 aromatic carbocycles. The van der Waals surface area contributed by atoms with E-state index >= 15 is 0 Å². The molecule has 0 fully saturated rings. The second-order valence-corrected chi connectivity index (χ2v) is 18.6. The summed E-state index contributed by atoms with van der Waals surface area (Å²) in [5.41, 5.74) is 6.71. The summed E-state index contributed by atoms with van der Waals surface area (Å²) in [6.45, 7) is 48.2. The van der Waals surface area contributed by atoms with Crippen molar-refractivity contribution in [1.82, 2.24) is 20.9 Å². The zero-order valence-corrected chi connectivity index (χ0v) is 35.2. The third kappa shape index (κ3) is 20.6. The summed E-state index contributed by atoms with van der Waals surface area (Å²) in [6, 6.07) is 8.52. The van der Waals surface area contributed by atoms with Crippen LogP contribution in [0.15, 0.2) is 62.0 Å². The molecule has 1 atom stereocenters. The highest BCUT2D eigenvalue weighted by molar-refractivity contribution is 5.76. The van der Waals surface area contributed by atoms with Crippen LogP contribution in [0.4, 0.5) is 0 Å². The molecule has 1 unspecified atom stereocenters. The van der Waals surface area contributed by atoms with Gasteiger partial charge in [0, 0.05) is 56.2 Å². The van der Waals surface area contributed by atoms with E-state index in [2.05, 4.69) is 148 Å². The number of nitrogens with one attached hydrogen (secondary N) is 3. The molecule has 51 heavy (non-hydrogen) atoms. The third-order valence-corrected chi connectivity index (χ3v) is 9.29. The molecule has 3 N–H and O–H groups in total. The quantitative estimate of drug-likeness (QED) is 0.0895. The van der Waals surface area contributed by atoms with Gasteiger partial charge in [-0.2, -0.15) is 0 Å². The number of amides is 1. The van der Waals surface area contributed by atoms with Crippen LogP contribution in [-0.2, 0) is 9.53 Å². The molecule has 290 valence electrons. The number of hydrogen-bond donors (Lipinski definition) is 3. The molecule has 1 amide bonds. The Kier molecular flexibility index (Phi) is 18.9. The lowest BCUT2D eigenvalue weighted by Gasteiger charge is -2.31. The van der Waals surface area contributed by atoms with Gasteiger partial charge < -0.3 is 25.6 Å². The van der Waals surface area contributed by atoms with Crippen LogP contribution in [0.1, 0.15) is 139 Å². The van der Waals surface area contributed by atoms with E-state index in [1.165, 1.54) is 0 Å². The Morgan fingerprint density at radius 2 is 1.31 bits per heavy atom. The summed E-state index contributed by atoms with van der Waals surface area (Å²) in [4.78, 5) is 14.6. The number of benzene rings is 1. The first kappa shape index (κ1) is 46.0. The molecular weight excluding hydrogens is 629 g/mol. The van der Waals surface area contributed by atoms with E-state index in [1.54, 1.807) is 0 Å². The number of carbonyl (C=O) groups is 1. The molecule has 0 heterocycles. The van der Waals surface area contributed by atoms with Crippen molar-refractivity contribution in [3.63, 3.8) is 0 Å². The van der Waals surface area contributed by atoms with Gasteiger partial charge >= 0.3 is 0 Å². The molecule has 1 aromatic rings. The van der Waals surface area contributed by atoms with Gasteiger partial charge in [-0.15, -0.1) is 0 Å². The van der Waals surface area contributed by atoms with Crippen LogP contribution < -0.4 is 16.0 Å². The Bertz CT molecular complexity index is 1270. The van der Waals surface area contributed by atoms with Crippen LogP contribution in [0.5, 0.6) is 0 Å². The van der Waals surface area contributed by atoms with Crippen molar-refractivity contribution in [3.8, 4) is 0 Å². The van der Waals surface area contributed by atoms with E-state index < -0.39 is 0 Å². The van der Waals surface area contributed by atoms with Gasteiger partial charge in [-0.1, -0.05) is 132 Å². The van der Waals surface area contributed by atoms with Gasteiger partial charge in [-0.25, -0.2) is 0 Å². The van der Waals surface area contributed by atoms with Crippen molar-refractivity contribution >= 4 is 17.2 Å². The monoisotopic (exact) mass is 707 g/mol. The number of rotatable bonds is 26. The normalized spacial score (nSPS) is 12.9. The Labute approximate surface area is 315 Å². The highest BCUT2D eigenvalue weighted by Crippen LogP contribution is 2.33. The molecule has 0 saturated carbocycles. The zero-order valence-electron chi connectivity index (χ0n) is 35.2. The van der Waals surface area contributed by atoms with Gasteiger partial charge in [0.25, 0.3) is 0 Å². The van der Waals surface area contributed by atoms with Crippen LogP contribution >= 0.6 is 0 Å². The Balaban J connectivity index is 2.41. The van der Waals surface area contributed by atoms with Crippen LogP contribution in [0.3, 0.4) is 0 Å². The van der Waals surface area contributed by atoms with Gasteiger partial charge in [-0.05, 0) is 78.7 Å². The predicted molar refractivity (Wildman–Crippen MR) is 223 cm³/mol. The fourth-order valence-corrected chi connectivity index (χ4v) is 6.30. The smallest absolute Gasteiger partial charge is 0.220 e. The molecule has 0 aliphatic rings. The van der Waals surface area contributed by atoms with Crippen LogP contribution in [0.25, 0.3) is 11.3 Å². The van der Waals surface area contributed by atoms with Gasteiger partial charge in [0.05, 0.1) is 12.7 Å². The fourth-order valence-electron chi connectivity index (χ4n) is 6.30. The van der Waals surface area contributed by atoms with Gasteiger partial charge in [0.2, 0.25) is 5.91 Å². The number of nitrogens with zero attached hydrogens (tertiary/aromatic N) is 1. The topological polar surface area (TPSA) is 65.6 Å². The second-order valence-electron chi connectivity index (χ2n) is 18.6. The van der Waals surface area contributed by atoms with Crippen LogP contribution in [0, 0.1) is 21.7 Å². The number of hydrogen-bond acceptors (Lipinski definition) is 5. The molecule has 0 aliphatic heterocycles. The van der Waals surface area contributed by atoms with E-state index in [0.29, 0.717) is 13.0 Å². The first-order chi connectivity index (χ1) is 23.4. The fraction of sp³-hybridized carbons (Fsp3) is 0.667. The largest absolute Gasteiger partial charge is 0.387 e. The van der Waals surface area contributed by atoms with Crippen LogP contribution in [-0.4, -0.2) is 56.2 Å². The summed E-state index contributed by atoms with van der Waals surface area (Å²) in [5.74, 6) is 0.146. The average molecular weight is 707 g/mol. The zero-order chi connectivity index (χ0) is 39.0. The lowest BCUT2D eigenvalue weighted by molar-refractivity contribution is -0.123. The number of allylic oxidation sites excluding steroid dienone is 3. The number of ether oxygens (including phenoxy) is 1. The molecule has 0 aromatic heterocycles. The van der Waals surface area contributed by atoms with E-state index in [-0.39, 0.29) is 33.7 Å². The minimum atomic E-state index is -0.0434. The molecular formula is C45H78N4O2. The van der Waals surface area contributed by atoms with Crippen molar-refractivity contribution in [1.29, 1.82) is 0 Å². The molecule has 6 nitrogen and oxygen atoms in total. The third-order valence-electron chi connectivity index (χ3n) is 9.29. The minimum absolute atomic E-state index is 0.0110. The summed E-state index contributed by atoms with van der Waals surface area (Å²) < 4.78 is 6.31. The Morgan fingerprint density at radius 3 is 1.88 bits per heavy atom. The molecule has 0 radical (unpaired) electrons. The number of carbonyl (C=O) groups excluding carboxylic acids is 1. The second kappa shape index (κ2) is 20.9. The summed E-state index contributed by atoms with van der Waals surface area (Å²) in [5, 5.41) is 10.3. The van der Waals surface area contributed by atoms with E-state index in [0.717, 1.165) is 105 Å². The lowest BCUT2D eigenvalue weighted by Crippen LogP contribution is -2.35. The van der Waals surface area contributed by atoms with Gasteiger partial charge in [0.15, 0.2) is 0 Å². The Morgan fingerprint density at radius 1 is 0.765 bits per heavy atom. The van der Waals surface area contributed by atoms with E-state index in [1.807, 2.05) is 6.92 Å². The molecule has 0 spiro atoms. The first-order valence-corrected chi connectivity index (χ1v) is 19.4. The highest BCUT2D eigenvalue weighted by atomic mass is 16.5. The summed E-state index contributed by atoms with van der Waals surface area (Å²) >= 11 is 0. The van der Waals surface area contributed by atoms with E-state index in [4.69, 9.17) is 4.74 Å². The first-order valence-electron chi connectivity index (χ1n) is 19.4. The van der Waals surface area contributed by atoms with E-state index in [9.17, 15) is 4.79 Å². The van der Waals surface area contributed by atoms with Crippen molar-refractivity contribution in [2.45, 2.75) is 134 Å². The molecule has 0 saturated heterocycles. The van der Waals surface area contributed by atoms with Gasteiger partial charge in [0.1, 0.15) is 0 Å². The van der Waals surface area contributed by atoms with Crippen molar-refractivity contribution in [2.75, 3.05) is 39.3 Å².